The van der Waals surface area contributed by atoms with Crippen LogP contribution in [-0.2, 0) is 13.0 Å². The van der Waals surface area contributed by atoms with Crippen LogP contribution >= 0.6 is 0 Å². The van der Waals surface area contributed by atoms with E-state index in [0.29, 0.717) is 0 Å². The van der Waals surface area contributed by atoms with Crippen LogP contribution in [0.25, 0.3) is 0 Å². The largest absolute Gasteiger partial charge is 0.468 e. The number of benzene rings is 1. The van der Waals surface area contributed by atoms with Gasteiger partial charge in [0, 0.05) is 26.7 Å². The molecular weight excluding hydrogens is 324 g/mol. The van der Waals surface area contributed by atoms with Gasteiger partial charge in [0.1, 0.15) is 5.76 Å². The van der Waals surface area contributed by atoms with E-state index in [2.05, 4.69) is 50.4 Å². The van der Waals surface area contributed by atoms with E-state index >= 15 is 0 Å². The molecule has 4 rings (SSSR count). The molecule has 3 heterocycles. The van der Waals surface area contributed by atoms with Gasteiger partial charge in [0.25, 0.3) is 0 Å². The molecule has 1 N–H and O–H groups in total. The Morgan fingerprint density at radius 3 is 2.65 bits per heavy atom. The second kappa shape index (κ2) is 7.96. The summed E-state index contributed by atoms with van der Waals surface area (Å²) in [4.78, 5) is 9.42. The summed E-state index contributed by atoms with van der Waals surface area (Å²) in [6, 6.07) is 13.1. The Hall–Kier alpha value is -2.27. The van der Waals surface area contributed by atoms with Crippen LogP contribution in [0.2, 0.25) is 0 Å². The highest BCUT2D eigenvalue weighted by Gasteiger charge is 2.26. The van der Waals surface area contributed by atoms with Crippen molar-refractivity contribution >= 4 is 5.96 Å². The second-order valence-corrected chi connectivity index (χ2v) is 7.14. The summed E-state index contributed by atoms with van der Waals surface area (Å²) in [7, 11) is 1.88. The van der Waals surface area contributed by atoms with E-state index in [1.807, 2.05) is 13.1 Å². The number of nitrogens with zero attached hydrogens (tertiary/aromatic N) is 3. The van der Waals surface area contributed by atoms with Crippen LogP contribution in [-0.4, -0.2) is 49.0 Å². The first kappa shape index (κ1) is 17.2. The minimum atomic E-state index is 0.265. The van der Waals surface area contributed by atoms with E-state index in [1.54, 1.807) is 6.26 Å². The molecule has 138 valence electrons. The predicted molar refractivity (Wildman–Crippen MR) is 104 cm³/mol. The molecule has 2 aliphatic rings. The zero-order valence-electron chi connectivity index (χ0n) is 15.5. The van der Waals surface area contributed by atoms with E-state index < -0.39 is 0 Å². The van der Waals surface area contributed by atoms with Crippen LogP contribution in [0.5, 0.6) is 0 Å². The smallest absolute Gasteiger partial charge is 0.194 e. The number of fused-ring (bicyclic) bond motifs is 1. The van der Waals surface area contributed by atoms with Gasteiger partial charge < -0.3 is 14.6 Å². The average molecular weight is 352 g/mol. The molecule has 2 aliphatic heterocycles. The van der Waals surface area contributed by atoms with Crippen molar-refractivity contribution < 1.29 is 4.42 Å². The number of aliphatic imine (C=N–C) groups is 1. The van der Waals surface area contributed by atoms with Gasteiger partial charge in [-0.2, -0.15) is 0 Å². The highest BCUT2D eigenvalue weighted by Crippen LogP contribution is 2.25. The van der Waals surface area contributed by atoms with Gasteiger partial charge in [-0.3, -0.25) is 9.89 Å². The number of hydrogen-bond donors (Lipinski definition) is 1. The highest BCUT2D eigenvalue weighted by atomic mass is 16.3. The van der Waals surface area contributed by atoms with E-state index in [1.165, 1.54) is 24.0 Å². The van der Waals surface area contributed by atoms with Gasteiger partial charge >= 0.3 is 0 Å². The monoisotopic (exact) mass is 352 g/mol. The van der Waals surface area contributed by atoms with Crippen molar-refractivity contribution in [1.29, 1.82) is 0 Å². The molecule has 5 heteroatoms. The number of rotatable bonds is 4. The molecule has 0 saturated carbocycles. The number of nitrogens with one attached hydrogen (secondary N) is 1. The quantitative estimate of drug-likeness (QED) is 0.678. The predicted octanol–water partition coefficient (Wildman–Crippen LogP) is 3.05. The average Bonchev–Trinajstić information content (AvgIpc) is 3.39. The third kappa shape index (κ3) is 3.63. The Morgan fingerprint density at radius 1 is 1.12 bits per heavy atom. The van der Waals surface area contributed by atoms with Gasteiger partial charge in [-0.15, -0.1) is 0 Å². The van der Waals surface area contributed by atoms with Gasteiger partial charge in [-0.1, -0.05) is 24.3 Å². The standard InChI is InChI=1S/C21H28N4O/c1-22-21(25-13-10-17-7-2-3-8-18(17)16-25)23-15-19(20-9-6-14-26-20)24-11-4-5-12-24/h2-3,6-9,14,19H,4-5,10-13,15-16H2,1H3,(H,22,23). The van der Waals surface area contributed by atoms with E-state index in [-0.39, 0.29) is 6.04 Å². The van der Waals surface area contributed by atoms with Gasteiger partial charge in [0.05, 0.1) is 12.3 Å². The lowest BCUT2D eigenvalue weighted by atomic mass is 10.0. The fraction of sp³-hybridized carbons (Fsp3) is 0.476. The van der Waals surface area contributed by atoms with Crippen LogP contribution in [0.4, 0.5) is 0 Å². The van der Waals surface area contributed by atoms with Crippen LogP contribution in [0, 0.1) is 0 Å². The molecule has 0 radical (unpaired) electrons. The van der Waals surface area contributed by atoms with Crippen molar-refractivity contribution in [1.82, 2.24) is 15.1 Å². The molecule has 5 nitrogen and oxygen atoms in total. The molecule has 1 atom stereocenters. The third-order valence-corrected chi connectivity index (χ3v) is 5.55. The normalized spacial score (nSPS) is 19.4. The molecule has 0 spiro atoms. The first-order valence-corrected chi connectivity index (χ1v) is 9.65. The van der Waals surface area contributed by atoms with Gasteiger partial charge in [-0.25, -0.2) is 0 Å². The number of likely N-dealkylation sites (tertiary alicyclic amines) is 1. The van der Waals surface area contributed by atoms with Crippen LogP contribution in [0.3, 0.4) is 0 Å². The maximum atomic E-state index is 5.73. The fourth-order valence-electron chi connectivity index (χ4n) is 4.14. The minimum Gasteiger partial charge on any atom is -0.468 e. The number of furan rings is 1. The SMILES string of the molecule is CN=C(NCC(c1ccco1)N1CCCC1)N1CCc2ccccc2C1. The van der Waals surface area contributed by atoms with Crippen molar-refractivity contribution in [3.8, 4) is 0 Å². The molecule has 26 heavy (non-hydrogen) atoms. The van der Waals surface area contributed by atoms with Crippen molar-refractivity contribution in [2.45, 2.75) is 31.8 Å². The maximum Gasteiger partial charge on any atom is 0.194 e. The molecule has 1 fully saturated rings. The zero-order chi connectivity index (χ0) is 17.8. The molecule has 0 aliphatic carbocycles. The number of guanidine groups is 1. The van der Waals surface area contributed by atoms with Gasteiger partial charge in [0.15, 0.2) is 5.96 Å². The first-order chi connectivity index (χ1) is 12.8. The Labute approximate surface area is 155 Å². The molecular formula is C21H28N4O. The summed E-state index contributed by atoms with van der Waals surface area (Å²) in [6.45, 7) is 5.03. The van der Waals surface area contributed by atoms with Crippen molar-refractivity contribution in [2.24, 2.45) is 4.99 Å². The summed E-state index contributed by atoms with van der Waals surface area (Å²) < 4.78 is 5.73. The second-order valence-electron chi connectivity index (χ2n) is 7.14. The topological polar surface area (TPSA) is 44.0 Å². The Kier molecular flexibility index (Phi) is 5.25. The lowest BCUT2D eigenvalue weighted by molar-refractivity contribution is 0.213. The van der Waals surface area contributed by atoms with E-state index in [9.17, 15) is 0 Å². The minimum absolute atomic E-state index is 0.265. The van der Waals surface area contributed by atoms with Crippen LogP contribution < -0.4 is 5.32 Å². The van der Waals surface area contributed by atoms with Crippen molar-refractivity contribution in [3.05, 3.63) is 59.5 Å². The summed E-state index contributed by atoms with van der Waals surface area (Å²) in [5.74, 6) is 2.02. The Bertz CT molecular complexity index is 734. The molecule has 1 unspecified atom stereocenters. The molecule has 1 aromatic heterocycles. The molecule has 1 aromatic carbocycles. The van der Waals surface area contributed by atoms with Gasteiger partial charge in [0.2, 0.25) is 0 Å². The van der Waals surface area contributed by atoms with Gasteiger partial charge in [-0.05, 0) is 55.6 Å². The highest BCUT2D eigenvalue weighted by molar-refractivity contribution is 5.80. The molecule has 2 aromatic rings. The summed E-state index contributed by atoms with van der Waals surface area (Å²) in [5, 5.41) is 3.61. The van der Waals surface area contributed by atoms with Crippen LogP contribution in [0.1, 0.15) is 35.8 Å². The van der Waals surface area contributed by atoms with E-state index in [0.717, 1.165) is 50.9 Å². The lowest BCUT2D eigenvalue weighted by Gasteiger charge is -2.33. The molecule has 0 amide bonds. The van der Waals surface area contributed by atoms with Crippen molar-refractivity contribution in [2.75, 3.05) is 33.2 Å². The van der Waals surface area contributed by atoms with Crippen LogP contribution in [0.15, 0.2) is 52.1 Å². The summed E-state index contributed by atoms with van der Waals surface area (Å²) in [5.41, 5.74) is 2.87. The molecule has 0 bridgehead atoms. The van der Waals surface area contributed by atoms with Crippen molar-refractivity contribution in [3.63, 3.8) is 0 Å². The molecule has 1 saturated heterocycles. The Morgan fingerprint density at radius 2 is 1.92 bits per heavy atom. The maximum absolute atomic E-state index is 5.73. The zero-order valence-corrected chi connectivity index (χ0v) is 15.5. The fourth-order valence-corrected chi connectivity index (χ4v) is 4.14. The first-order valence-electron chi connectivity index (χ1n) is 9.65. The summed E-state index contributed by atoms with van der Waals surface area (Å²) >= 11 is 0. The lowest BCUT2D eigenvalue weighted by Crippen LogP contribution is -2.46. The summed E-state index contributed by atoms with van der Waals surface area (Å²) in [6.07, 6.45) is 5.39. The van der Waals surface area contributed by atoms with E-state index in [4.69, 9.17) is 4.42 Å². The third-order valence-electron chi connectivity index (χ3n) is 5.55. The number of hydrogen-bond acceptors (Lipinski definition) is 3. The Balaban J connectivity index is 1.43.